The molecule has 0 aliphatic carbocycles. The van der Waals surface area contributed by atoms with Crippen LogP contribution in [0, 0.1) is 22.7 Å². The van der Waals surface area contributed by atoms with Gasteiger partial charge < -0.3 is 18.6 Å². The molecule has 6 nitrogen and oxygen atoms in total. The molecule has 2 aromatic heterocycles. The summed E-state index contributed by atoms with van der Waals surface area (Å²) < 4.78 is 12.4. The summed E-state index contributed by atoms with van der Waals surface area (Å²) in [4.78, 5) is 4.51. The number of anilines is 2. The summed E-state index contributed by atoms with van der Waals surface area (Å²) in [5.41, 5.74) is 5.70. The van der Waals surface area contributed by atoms with E-state index in [0.29, 0.717) is 33.8 Å². The van der Waals surface area contributed by atoms with E-state index in [-0.39, 0.29) is 0 Å². The van der Waals surface area contributed by atoms with Crippen LogP contribution >= 0.6 is 0 Å². The number of nitriles is 2. The monoisotopic (exact) mass is 502 g/mol. The van der Waals surface area contributed by atoms with Crippen molar-refractivity contribution in [2.45, 2.75) is 27.7 Å². The highest BCUT2D eigenvalue weighted by Gasteiger charge is 2.19. The zero-order valence-corrected chi connectivity index (χ0v) is 22.2. The maximum Gasteiger partial charge on any atom is 0.136 e. The van der Waals surface area contributed by atoms with Crippen LogP contribution in [0.2, 0.25) is 0 Å². The lowest BCUT2D eigenvalue weighted by Gasteiger charge is -2.20. The van der Waals surface area contributed by atoms with E-state index in [1.807, 2.05) is 36.4 Å². The topological polar surface area (TPSA) is 80.3 Å². The van der Waals surface area contributed by atoms with Crippen LogP contribution in [0.1, 0.15) is 38.8 Å². The lowest BCUT2D eigenvalue weighted by molar-refractivity contribution is 0.629. The van der Waals surface area contributed by atoms with Gasteiger partial charge in [0.1, 0.15) is 22.7 Å². The van der Waals surface area contributed by atoms with Gasteiger partial charge in [0.25, 0.3) is 0 Å². The average molecular weight is 503 g/mol. The third-order valence-corrected chi connectivity index (χ3v) is 7.19. The van der Waals surface area contributed by atoms with E-state index in [1.54, 1.807) is 12.1 Å². The van der Waals surface area contributed by atoms with Crippen LogP contribution in [0.5, 0.6) is 0 Å². The molecule has 0 atom stereocenters. The molecule has 190 valence electrons. The molecular weight excluding hydrogens is 472 g/mol. The van der Waals surface area contributed by atoms with Crippen LogP contribution in [0.4, 0.5) is 11.4 Å². The second-order valence-corrected chi connectivity index (χ2v) is 9.18. The highest BCUT2D eigenvalue weighted by molar-refractivity contribution is 5.90. The van der Waals surface area contributed by atoms with Crippen LogP contribution in [0.3, 0.4) is 0 Å². The van der Waals surface area contributed by atoms with Gasteiger partial charge in [-0.3, -0.25) is 0 Å². The van der Waals surface area contributed by atoms with Crippen molar-refractivity contribution >= 4 is 33.3 Å². The van der Waals surface area contributed by atoms with Gasteiger partial charge in [0.15, 0.2) is 0 Å². The van der Waals surface area contributed by atoms with Crippen LogP contribution in [0.25, 0.3) is 44.6 Å². The zero-order chi connectivity index (χ0) is 26.8. The van der Waals surface area contributed by atoms with E-state index in [9.17, 15) is 10.5 Å². The summed E-state index contributed by atoms with van der Waals surface area (Å²) in [6, 6.07) is 24.2. The molecule has 0 fully saturated rings. The van der Waals surface area contributed by atoms with E-state index in [1.165, 1.54) is 0 Å². The fourth-order valence-electron chi connectivity index (χ4n) is 5.07. The molecule has 3 aromatic carbocycles. The molecule has 0 radical (unpaired) electrons. The molecular formula is C32H30N4O2. The summed E-state index contributed by atoms with van der Waals surface area (Å²) in [6.07, 6.45) is 0. The number of benzene rings is 3. The largest absolute Gasteiger partial charge is 0.456 e. The van der Waals surface area contributed by atoms with Crippen molar-refractivity contribution in [3.05, 3.63) is 71.8 Å². The summed E-state index contributed by atoms with van der Waals surface area (Å²) in [7, 11) is 0. The predicted octanol–water partition coefficient (Wildman–Crippen LogP) is 7.95. The highest BCUT2D eigenvalue weighted by atomic mass is 16.3. The van der Waals surface area contributed by atoms with Crippen LogP contribution in [-0.2, 0) is 0 Å². The smallest absolute Gasteiger partial charge is 0.136 e. The van der Waals surface area contributed by atoms with Crippen molar-refractivity contribution in [1.82, 2.24) is 0 Å². The number of hydrogen-bond donors (Lipinski definition) is 0. The molecule has 0 amide bonds. The van der Waals surface area contributed by atoms with E-state index in [2.05, 4.69) is 61.8 Å². The van der Waals surface area contributed by atoms with Crippen molar-refractivity contribution in [2.24, 2.45) is 0 Å². The van der Waals surface area contributed by atoms with E-state index >= 15 is 0 Å². The highest BCUT2D eigenvalue weighted by Crippen LogP contribution is 2.38. The van der Waals surface area contributed by atoms with Crippen molar-refractivity contribution in [3.63, 3.8) is 0 Å². The normalized spacial score (nSPS) is 11.0. The van der Waals surface area contributed by atoms with Crippen molar-refractivity contribution in [2.75, 3.05) is 36.0 Å². The lowest BCUT2D eigenvalue weighted by atomic mass is 9.96. The fraction of sp³-hybridized carbons (Fsp3) is 0.250. The Balaban J connectivity index is 1.58. The molecule has 0 saturated heterocycles. The first kappa shape index (κ1) is 25.0. The van der Waals surface area contributed by atoms with Gasteiger partial charge in [-0.2, -0.15) is 10.5 Å². The van der Waals surface area contributed by atoms with Gasteiger partial charge in [0, 0.05) is 71.6 Å². The van der Waals surface area contributed by atoms with Gasteiger partial charge in [0.05, 0.1) is 23.3 Å². The first-order valence-corrected chi connectivity index (χ1v) is 13.1. The van der Waals surface area contributed by atoms with Crippen LogP contribution in [-0.4, -0.2) is 26.2 Å². The van der Waals surface area contributed by atoms with E-state index in [4.69, 9.17) is 8.83 Å². The maximum atomic E-state index is 10.0. The summed E-state index contributed by atoms with van der Waals surface area (Å²) >= 11 is 0. The predicted molar refractivity (Wildman–Crippen MR) is 153 cm³/mol. The Morgan fingerprint density at radius 1 is 0.579 bits per heavy atom. The van der Waals surface area contributed by atoms with Crippen molar-refractivity contribution in [1.29, 1.82) is 10.5 Å². The molecule has 0 aliphatic rings. The molecule has 38 heavy (non-hydrogen) atoms. The first-order valence-electron chi connectivity index (χ1n) is 13.1. The minimum absolute atomic E-state index is 0.423. The lowest BCUT2D eigenvalue weighted by Crippen LogP contribution is -2.21. The first-order chi connectivity index (χ1) is 18.5. The molecule has 0 saturated carbocycles. The van der Waals surface area contributed by atoms with E-state index < -0.39 is 0 Å². The van der Waals surface area contributed by atoms with E-state index in [0.717, 1.165) is 59.5 Å². The number of fused-ring (bicyclic) bond motifs is 2. The molecule has 0 N–H and O–H groups in total. The summed E-state index contributed by atoms with van der Waals surface area (Å²) in [6.45, 7) is 12.1. The van der Waals surface area contributed by atoms with Gasteiger partial charge in [0.2, 0.25) is 0 Å². The number of rotatable bonds is 8. The van der Waals surface area contributed by atoms with Crippen molar-refractivity contribution < 1.29 is 8.83 Å². The summed E-state index contributed by atoms with van der Waals surface area (Å²) in [5, 5.41) is 22.0. The molecule has 0 spiro atoms. The Morgan fingerprint density at radius 3 is 1.32 bits per heavy atom. The minimum atomic E-state index is 0.423. The quantitative estimate of drug-likeness (QED) is 0.214. The second kappa shape index (κ2) is 10.4. The molecule has 0 aliphatic heterocycles. The van der Waals surface area contributed by atoms with Crippen LogP contribution in [0.15, 0.2) is 69.5 Å². The Morgan fingerprint density at radius 2 is 0.974 bits per heavy atom. The zero-order valence-electron chi connectivity index (χ0n) is 22.2. The third kappa shape index (κ3) is 4.35. The molecule has 0 unspecified atom stereocenters. The molecule has 5 rings (SSSR count). The second-order valence-electron chi connectivity index (χ2n) is 9.18. The maximum absolute atomic E-state index is 10.0. The number of hydrogen-bond acceptors (Lipinski definition) is 6. The van der Waals surface area contributed by atoms with Crippen LogP contribution < -0.4 is 9.80 Å². The van der Waals surface area contributed by atoms with Gasteiger partial charge in [-0.1, -0.05) is 0 Å². The Labute approximate surface area is 222 Å². The molecule has 2 heterocycles. The number of nitrogens with zero attached hydrogens (tertiary/aromatic N) is 4. The summed E-state index contributed by atoms with van der Waals surface area (Å²) in [5.74, 6) is 1.12. The molecule has 5 aromatic rings. The Kier molecular flexibility index (Phi) is 6.81. The minimum Gasteiger partial charge on any atom is -0.456 e. The van der Waals surface area contributed by atoms with Crippen molar-refractivity contribution in [3.8, 4) is 34.8 Å². The van der Waals surface area contributed by atoms with Gasteiger partial charge in [-0.15, -0.1) is 0 Å². The van der Waals surface area contributed by atoms with Gasteiger partial charge in [-0.25, -0.2) is 0 Å². The Bertz CT molecular complexity index is 1580. The third-order valence-electron chi connectivity index (χ3n) is 7.19. The standard InChI is InChI=1S/C32H30N4O2/c1-5-35(6-2)25-11-9-21-15-31(37-29(21)17-25)27-13-24(20-34)28(14-23(27)19-33)32-16-22-10-12-26(18-30(22)38-32)36(7-3)8-4/h9-18H,5-8H2,1-4H3. The number of furan rings is 2. The average Bonchev–Trinajstić information content (AvgIpc) is 3.57. The SMILES string of the molecule is CCN(CC)c1ccc2cc(-c3cc(C#N)c(-c4cc5ccc(N(CC)CC)cc5o4)cc3C#N)oc2c1. The molecule has 0 bridgehead atoms. The van der Waals surface area contributed by atoms with Gasteiger partial charge >= 0.3 is 0 Å². The molecule has 6 heteroatoms. The van der Waals surface area contributed by atoms with Gasteiger partial charge in [-0.05, 0) is 76.2 Å². The Hall–Kier alpha value is -4.68. The fourth-order valence-corrected chi connectivity index (χ4v) is 5.07.